The van der Waals surface area contributed by atoms with Crippen LogP contribution in [0.2, 0.25) is 5.02 Å². The standard InChI is InChI=1S/C22H24ClNO2/c1-15-18(12-13-26-15)19-10-11-20(25-2)22(21(19)23)24(17-8-9-17)14-16-6-4-3-5-7-16/h3-7,10-12,15,17H,8-9,13-14H2,1-2H3. The van der Waals surface area contributed by atoms with Crippen molar-refractivity contribution in [2.24, 2.45) is 0 Å². The Morgan fingerprint density at radius 1 is 1.15 bits per heavy atom. The Balaban J connectivity index is 1.77. The van der Waals surface area contributed by atoms with Crippen molar-refractivity contribution < 1.29 is 9.47 Å². The lowest BCUT2D eigenvalue weighted by atomic mass is 10.0. The van der Waals surface area contributed by atoms with Crippen molar-refractivity contribution in [2.45, 2.75) is 38.5 Å². The summed E-state index contributed by atoms with van der Waals surface area (Å²) in [7, 11) is 1.71. The van der Waals surface area contributed by atoms with Gasteiger partial charge in [0.2, 0.25) is 0 Å². The molecular weight excluding hydrogens is 346 g/mol. The molecule has 4 heteroatoms. The Kier molecular flexibility index (Phi) is 4.92. The maximum atomic E-state index is 6.95. The van der Waals surface area contributed by atoms with Gasteiger partial charge in [0.15, 0.2) is 0 Å². The molecule has 2 aliphatic rings. The third-order valence-electron chi connectivity index (χ3n) is 5.17. The van der Waals surface area contributed by atoms with E-state index in [-0.39, 0.29) is 6.10 Å². The first kappa shape index (κ1) is 17.4. The molecule has 0 N–H and O–H groups in total. The Labute approximate surface area is 160 Å². The number of halogens is 1. The molecule has 1 fully saturated rings. The number of benzene rings is 2. The Morgan fingerprint density at radius 3 is 2.54 bits per heavy atom. The molecule has 1 unspecified atom stereocenters. The summed E-state index contributed by atoms with van der Waals surface area (Å²) in [5, 5.41) is 0.760. The topological polar surface area (TPSA) is 21.7 Å². The van der Waals surface area contributed by atoms with Crippen LogP contribution in [-0.4, -0.2) is 25.9 Å². The number of ether oxygens (including phenoxy) is 2. The summed E-state index contributed by atoms with van der Waals surface area (Å²) in [4.78, 5) is 2.40. The highest BCUT2D eigenvalue weighted by molar-refractivity contribution is 6.35. The lowest BCUT2D eigenvalue weighted by Gasteiger charge is -2.29. The second-order valence-corrected chi connectivity index (χ2v) is 7.34. The molecule has 4 rings (SSSR count). The highest BCUT2D eigenvalue weighted by atomic mass is 35.5. The van der Waals surface area contributed by atoms with Gasteiger partial charge in [-0.05, 0) is 43.0 Å². The van der Waals surface area contributed by atoms with Crippen LogP contribution < -0.4 is 9.64 Å². The normalized spacial score (nSPS) is 19.3. The summed E-state index contributed by atoms with van der Waals surface area (Å²) in [6, 6.07) is 15.1. The summed E-state index contributed by atoms with van der Waals surface area (Å²) in [5.41, 5.74) is 4.48. The van der Waals surface area contributed by atoms with Crippen molar-refractivity contribution in [3.63, 3.8) is 0 Å². The Bertz CT molecular complexity index is 814. The van der Waals surface area contributed by atoms with Gasteiger partial charge in [-0.15, -0.1) is 0 Å². The van der Waals surface area contributed by atoms with Crippen molar-refractivity contribution in [3.05, 3.63) is 64.7 Å². The van der Waals surface area contributed by atoms with Gasteiger partial charge in [-0.3, -0.25) is 0 Å². The molecule has 0 radical (unpaired) electrons. The molecule has 0 saturated heterocycles. The van der Waals surface area contributed by atoms with Crippen molar-refractivity contribution in [1.29, 1.82) is 0 Å². The fraction of sp³-hybridized carbons (Fsp3) is 0.364. The van der Waals surface area contributed by atoms with Crippen molar-refractivity contribution >= 4 is 22.9 Å². The van der Waals surface area contributed by atoms with Crippen LogP contribution in [0.3, 0.4) is 0 Å². The third-order valence-corrected chi connectivity index (χ3v) is 5.55. The molecule has 3 nitrogen and oxygen atoms in total. The summed E-state index contributed by atoms with van der Waals surface area (Å²) >= 11 is 6.95. The zero-order chi connectivity index (χ0) is 18.1. The van der Waals surface area contributed by atoms with E-state index in [0.29, 0.717) is 12.6 Å². The summed E-state index contributed by atoms with van der Waals surface area (Å²) in [5.74, 6) is 0.828. The average molecular weight is 370 g/mol. The van der Waals surface area contributed by atoms with E-state index in [4.69, 9.17) is 21.1 Å². The number of anilines is 1. The van der Waals surface area contributed by atoms with Gasteiger partial charge < -0.3 is 14.4 Å². The molecule has 1 heterocycles. The van der Waals surface area contributed by atoms with Crippen LogP contribution in [0.5, 0.6) is 5.75 Å². The minimum absolute atomic E-state index is 0.0669. The molecule has 1 atom stereocenters. The van der Waals surface area contributed by atoms with E-state index in [1.807, 2.05) is 12.1 Å². The molecule has 0 spiro atoms. The number of methoxy groups -OCH3 is 1. The van der Waals surface area contributed by atoms with Crippen LogP contribution in [0.25, 0.3) is 5.57 Å². The van der Waals surface area contributed by atoms with E-state index in [0.717, 1.165) is 34.1 Å². The summed E-state index contributed by atoms with van der Waals surface area (Å²) in [6.45, 7) is 3.54. The van der Waals surface area contributed by atoms with Crippen LogP contribution in [-0.2, 0) is 11.3 Å². The molecule has 26 heavy (non-hydrogen) atoms. The molecule has 0 aromatic heterocycles. The minimum Gasteiger partial charge on any atom is -0.495 e. The van der Waals surface area contributed by atoms with Gasteiger partial charge in [-0.2, -0.15) is 0 Å². The molecule has 2 aromatic rings. The van der Waals surface area contributed by atoms with E-state index >= 15 is 0 Å². The zero-order valence-electron chi connectivity index (χ0n) is 15.2. The van der Waals surface area contributed by atoms with Crippen LogP contribution in [0.4, 0.5) is 5.69 Å². The smallest absolute Gasteiger partial charge is 0.143 e. The summed E-state index contributed by atoms with van der Waals surface area (Å²) in [6.07, 6.45) is 4.58. The van der Waals surface area contributed by atoms with Gasteiger partial charge in [0, 0.05) is 18.2 Å². The maximum Gasteiger partial charge on any atom is 0.143 e. The van der Waals surface area contributed by atoms with Crippen molar-refractivity contribution in [1.82, 2.24) is 0 Å². The second-order valence-electron chi connectivity index (χ2n) is 6.96. The van der Waals surface area contributed by atoms with E-state index in [9.17, 15) is 0 Å². The molecule has 2 aromatic carbocycles. The molecule has 136 valence electrons. The first-order valence-electron chi connectivity index (χ1n) is 9.18. The molecule has 1 aliphatic carbocycles. The second kappa shape index (κ2) is 7.34. The van der Waals surface area contributed by atoms with E-state index in [2.05, 4.69) is 48.2 Å². The highest BCUT2D eigenvalue weighted by Crippen LogP contribution is 2.46. The minimum atomic E-state index is 0.0669. The van der Waals surface area contributed by atoms with Gasteiger partial charge in [0.05, 0.1) is 30.5 Å². The largest absolute Gasteiger partial charge is 0.495 e. The van der Waals surface area contributed by atoms with Gasteiger partial charge in [0.1, 0.15) is 5.75 Å². The first-order chi connectivity index (χ1) is 12.7. The predicted octanol–water partition coefficient (Wildman–Crippen LogP) is 5.32. The fourth-order valence-corrected chi connectivity index (χ4v) is 4.00. The molecule has 0 bridgehead atoms. The Hall–Kier alpha value is -1.97. The molecule has 1 aliphatic heterocycles. The maximum absolute atomic E-state index is 6.95. The van der Waals surface area contributed by atoms with Crippen molar-refractivity contribution in [2.75, 3.05) is 18.6 Å². The first-order valence-corrected chi connectivity index (χ1v) is 9.56. The van der Waals surface area contributed by atoms with Gasteiger partial charge in [0.25, 0.3) is 0 Å². The predicted molar refractivity (Wildman–Crippen MR) is 107 cm³/mol. The van der Waals surface area contributed by atoms with Gasteiger partial charge in [-0.1, -0.05) is 48.0 Å². The lowest BCUT2D eigenvalue weighted by molar-refractivity contribution is 0.147. The van der Waals surface area contributed by atoms with Crippen LogP contribution in [0, 0.1) is 0 Å². The number of nitrogens with zero attached hydrogens (tertiary/aromatic N) is 1. The third kappa shape index (κ3) is 3.34. The van der Waals surface area contributed by atoms with Gasteiger partial charge in [-0.25, -0.2) is 0 Å². The van der Waals surface area contributed by atoms with Crippen LogP contribution >= 0.6 is 11.6 Å². The fourth-order valence-electron chi connectivity index (χ4n) is 3.63. The van der Waals surface area contributed by atoms with E-state index in [1.165, 1.54) is 18.4 Å². The van der Waals surface area contributed by atoms with Crippen LogP contribution in [0.1, 0.15) is 30.9 Å². The zero-order valence-corrected chi connectivity index (χ0v) is 16.0. The molecule has 1 saturated carbocycles. The Morgan fingerprint density at radius 2 is 1.92 bits per heavy atom. The summed E-state index contributed by atoms with van der Waals surface area (Å²) < 4.78 is 11.4. The molecular formula is C22H24ClNO2. The monoisotopic (exact) mass is 369 g/mol. The van der Waals surface area contributed by atoms with E-state index in [1.54, 1.807) is 7.11 Å². The number of hydrogen-bond acceptors (Lipinski definition) is 3. The number of hydrogen-bond donors (Lipinski definition) is 0. The molecule has 0 amide bonds. The van der Waals surface area contributed by atoms with Gasteiger partial charge >= 0.3 is 0 Å². The lowest BCUT2D eigenvalue weighted by Crippen LogP contribution is -2.26. The van der Waals surface area contributed by atoms with Crippen molar-refractivity contribution in [3.8, 4) is 5.75 Å². The SMILES string of the molecule is COc1ccc(C2=CCOC2C)c(Cl)c1N(Cc1ccccc1)C1CC1. The van der Waals surface area contributed by atoms with E-state index < -0.39 is 0 Å². The average Bonchev–Trinajstić information content (AvgIpc) is 3.42. The number of rotatable bonds is 6. The van der Waals surface area contributed by atoms with Crippen LogP contribution in [0.15, 0.2) is 48.5 Å². The highest BCUT2D eigenvalue weighted by Gasteiger charge is 2.33. The quantitative estimate of drug-likeness (QED) is 0.687.